The molecule has 7 nitrogen and oxygen atoms in total. The minimum Gasteiger partial charge on any atom is -0.493 e. The Balaban J connectivity index is 1.95. The zero-order valence-corrected chi connectivity index (χ0v) is 18.1. The third-order valence-electron chi connectivity index (χ3n) is 5.24. The van der Waals surface area contributed by atoms with Crippen molar-refractivity contribution in [3.63, 3.8) is 0 Å². The topological polar surface area (TPSA) is 71.4 Å². The zero-order valence-electron chi connectivity index (χ0n) is 18.1. The Kier molecular flexibility index (Phi) is 6.89. The first-order valence-electron chi connectivity index (χ1n) is 9.99. The number of amides is 2. The highest BCUT2D eigenvalue weighted by molar-refractivity contribution is 6.03. The van der Waals surface area contributed by atoms with E-state index in [9.17, 15) is 14.0 Å². The number of nitrogens with zero attached hydrogens (tertiary/aromatic N) is 3. The van der Waals surface area contributed by atoms with Crippen LogP contribution in [-0.4, -0.2) is 55.2 Å². The molecule has 2 aromatic carbocycles. The molecule has 2 aromatic rings. The Bertz CT molecular complexity index is 991. The summed E-state index contributed by atoms with van der Waals surface area (Å²) >= 11 is 0. The lowest BCUT2D eigenvalue weighted by molar-refractivity contribution is -0.140. The van der Waals surface area contributed by atoms with Gasteiger partial charge in [0, 0.05) is 19.9 Å². The monoisotopic (exact) mass is 427 g/mol. The number of rotatable bonds is 7. The van der Waals surface area contributed by atoms with E-state index in [1.54, 1.807) is 46.4 Å². The van der Waals surface area contributed by atoms with Crippen molar-refractivity contribution >= 4 is 17.5 Å². The third-order valence-corrected chi connectivity index (χ3v) is 5.24. The average molecular weight is 427 g/mol. The van der Waals surface area contributed by atoms with E-state index >= 15 is 0 Å². The maximum absolute atomic E-state index is 13.4. The van der Waals surface area contributed by atoms with Gasteiger partial charge in [-0.05, 0) is 35.4 Å². The highest BCUT2D eigenvalue weighted by Gasteiger charge is 2.34. The smallest absolute Gasteiger partial charge is 0.262 e. The molecule has 0 radical (unpaired) electrons. The van der Waals surface area contributed by atoms with Gasteiger partial charge >= 0.3 is 0 Å². The van der Waals surface area contributed by atoms with Crippen molar-refractivity contribution in [2.24, 2.45) is 5.10 Å². The first-order chi connectivity index (χ1) is 14.9. The summed E-state index contributed by atoms with van der Waals surface area (Å²) < 4.78 is 24.1. The Morgan fingerprint density at radius 3 is 2.42 bits per heavy atom. The lowest BCUT2D eigenvalue weighted by Crippen LogP contribution is -2.39. The van der Waals surface area contributed by atoms with Crippen LogP contribution in [-0.2, 0) is 9.59 Å². The molecule has 8 heteroatoms. The number of hydrogen-bond acceptors (Lipinski definition) is 5. The zero-order chi connectivity index (χ0) is 22.5. The Labute approximate surface area is 181 Å². The molecule has 0 fully saturated rings. The Morgan fingerprint density at radius 1 is 1.13 bits per heavy atom. The van der Waals surface area contributed by atoms with Crippen LogP contribution in [0.25, 0.3) is 0 Å². The molecule has 0 unspecified atom stereocenters. The van der Waals surface area contributed by atoms with E-state index in [1.807, 2.05) is 12.1 Å². The number of halogens is 1. The number of hydrogen-bond donors (Lipinski definition) is 0. The number of carbonyl (C=O) groups excluding carboxylic acids is 2. The second kappa shape index (κ2) is 9.59. The average Bonchev–Trinajstić information content (AvgIpc) is 3.24. The van der Waals surface area contributed by atoms with Crippen LogP contribution >= 0.6 is 0 Å². The van der Waals surface area contributed by atoms with Gasteiger partial charge in [-0.1, -0.05) is 25.1 Å². The molecule has 1 aliphatic rings. The van der Waals surface area contributed by atoms with Gasteiger partial charge in [0.2, 0.25) is 5.91 Å². The highest BCUT2D eigenvalue weighted by atomic mass is 19.1. The van der Waals surface area contributed by atoms with E-state index in [2.05, 4.69) is 5.10 Å². The minimum absolute atomic E-state index is 0.0866. The van der Waals surface area contributed by atoms with Gasteiger partial charge in [0.1, 0.15) is 12.4 Å². The van der Waals surface area contributed by atoms with E-state index < -0.39 is 6.04 Å². The summed E-state index contributed by atoms with van der Waals surface area (Å²) in [5.41, 5.74) is 2.22. The maximum atomic E-state index is 13.4. The second-order valence-electron chi connectivity index (χ2n) is 7.23. The van der Waals surface area contributed by atoms with Crippen LogP contribution in [0.3, 0.4) is 0 Å². The number of methoxy groups -OCH3 is 2. The summed E-state index contributed by atoms with van der Waals surface area (Å²) in [6.07, 6.45) is 0.755. The Morgan fingerprint density at radius 2 is 1.81 bits per heavy atom. The molecule has 0 spiro atoms. The molecular formula is C23H26FN3O4. The third kappa shape index (κ3) is 4.84. The first-order valence-corrected chi connectivity index (χ1v) is 9.99. The van der Waals surface area contributed by atoms with Crippen LogP contribution < -0.4 is 9.47 Å². The van der Waals surface area contributed by atoms with E-state index in [-0.39, 0.29) is 24.2 Å². The molecule has 0 aliphatic carbocycles. The normalized spacial score (nSPS) is 15.5. The highest BCUT2D eigenvalue weighted by Crippen LogP contribution is 2.37. The van der Waals surface area contributed by atoms with Crippen LogP contribution in [0.4, 0.5) is 4.39 Å². The largest absolute Gasteiger partial charge is 0.493 e. The molecular weight excluding hydrogens is 401 g/mol. The summed E-state index contributed by atoms with van der Waals surface area (Å²) in [7, 11) is 4.69. The molecule has 0 saturated heterocycles. The summed E-state index contributed by atoms with van der Waals surface area (Å²) in [5.74, 6) is 0.349. The van der Waals surface area contributed by atoms with Crippen LogP contribution in [0, 0.1) is 5.82 Å². The lowest BCUT2D eigenvalue weighted by atomic mass is 9.98. The van der Waals surface area contributed by atoms with Crippen molar-refractivity contribution in [1.82, 2.24) is 9.91 Å². The van der Waals surface area contributed by atoms with Crippen molar-refractivity contribution in [2.45, 2.75) is 25.8 Å². The number of likely N-dealkylation sites (N-methyl/N-ethyl adjacent to an activating group) is 1. The molecule has 3 rings (SSSR count). The first kappa shape index (κ1) is 22.3. The van der Waals surface area contributed by atoms with Gasteiger partial charge in [0.25, 0.3) is 5.91 Å². The van der Waals surface area contributed by atoms with Crippen molar-refractivity contribution in [2.75, 3.05) is 27.8 Å². The fourth-order valence-corrected chi connectivity index (χ4v) is 3.51. The summed E-state index contributed by atoms with van der Waals surface area (Å²) in [6, 6.07) is 11.1. The van der Waals surface area contributed by atoms with Crippen LogP contribution in [0.15, 0.2) is 47.6 Å². The molecule has 164 valence electrons. The van der Waals surface area contributed by atoms with Crippen LogP contribution in [0.1, 0.15) is 36.9 Å². The van der Waals surface area contributed by atoms with Gasteiger partial charge in [0.05, 0.1) is 26.0 Å². The van der Waals surface area contributed by atoms with Gasteiger partial charge in [-0.3, -0.25) is 9.59 Å². The van der Waals surface area contributed by atoms with Crippen molar-refractivity contribution in [3.05, 3.63) is 59.4 Å². The fourth-order valence-electron chi connectivity index (χ4n) is 3.51. The molecule has 1 atom stereocenters. The summed E-state index contributed by atoms with van der Waals surface area (Å²) in [6.45, 7) is 1.66. The number of hydrazone groups is 1. The van der Waals surface area contributed by atoms with Crippen molar-refractivity contribution < 1.29 is 23.5 Å². The molecule has 1 aliphatic heterocycles. The molecule has 0 saturated carbocycles. The predicted molar refractivity (Wildman–Crippen MR) is 115 cm³/mol. The SMILES string of the molecule is CCC(=O)N(C)CC(=O)N1N=C(c2ccc(F)cc2)C[C@H]1c1ccc(OC)c(OC)c1. The Hall–Kier alpha value is -3.42. The summed E-state index contributed by atoms with van der Waals surface area (Å²) in [4.78, 5) is 26.4. The minimum atomic E-state index is -0.391. The molecule has 31 heavy (non-hydrogen) atoms. The quantitative estimate of drug-likeness (QED) is 0.679. The fraction of sp³-hybridized carbons (Fsp3) is 0.348. The van der Waals surface area contributed by atoms with E-state index in [0.29, 0.717) is 30.1 Å². The molecule has 1 heterocycles. The van der Waals surface area contributed by atoms with Gasteiger partial charge in [-0.2, -0.15) is 5.10 Å². The maximum Gasteiger partial charge on any atom is 0.262 e. The van der Waals surface area contributed by atoms with E-state index in [0.717, 1.165) is 11.1 Å². The van der Waals surface area contributed by atoms with Crippen LogP contribution in [0.2, 0.25) is 0 Å². The summed E-state index contributed by atoms with van der Waals surface area (Å²) in [5, 5.41) is 5.95. The van der Waals surface area contributed by atoms with Crippen molar-refractivity contribution in [3.8, 4) is 11.5 Å². The number of ether oxygens (including phenoxy) is 2. The van der Waals surface area contributed by atoms with Crippen LogP contribution in [0.5, 0.6) is 11.5 Å². The van der Waals surface area contributed by atoms with Gasteiger partial charge < -0.3 is 14.4 Å². The van der Waals surface area contributed by atoms with E-state index in [4.69, 9.17) is 9.47 Å². The second-order valence-corrected chi connectivity index (χ2v) is 7.23. The lowest BCUT2D eigenvalue weighted by Gasteiger charge is -2.25. The van der Waals surface area contributed by atoms with Gasteiger partial charge in [0.15, 0.2) is 11.5 Å². The molecule has 0 aromatic heterocycles. The van der Waals surface area contributed by atoms with Crippen molar-refractivity contribution in [1.29, 1.82) is 0 Å². The standard InChI is InChI=1S/C23H26FN3O4/c1-5-22(28)26(2)14-23(29)27-19(16-8-11-20(30-3)21(12-16)31-4)13-18(25-27)15-6-9-17(24)10-7-15/h6-12,19H,5,13-14H2,1-4H3/t19-/m0/s1. The van der Waals surface area contributed by atoms with Gasteiger partial charge in [-0.25, -0.2) is 9.40 Å². The molecule has 0 bridgehead atoms. The number of benzene rings is 2. The molecule has 0 N–H and O–H groups in total. The number of carbonyl (C=O) groups is 2. The van der Waals surface area contributed by atoms with Gasteiger partial charge in [-0.15, -0.1) is 0 Å². The van der Waals surface area contributed by atoms with E-state index in [1.165, 1.54) is 22.0 Å². The predicted octanol–water partition coefficient (Wildman–Crippen LogP) is 3.39. The molecule has 2 amide bonds.